The van der Waals surface area contributed by atoms with Crippen LogP contribution < -0.4 is 10.7 Å². The van der Waals surface area contributed by atoms with Crippen LogP contribution in [-0.4, -0.2) is 22.5 Å². The van der Waals surface area contributed by atoms with E-state index >= 15 is 0 Å². The fraction of sp³-hybridized carbons (Fsp3) is 0.0625. The molecule has 0 saturated carbocycles. The summed E-state index contributed by atoms with van der Waals surface area (Å²) in [5.41, 5.74) is 4.27. The fourth-order valence-corrected chi connectivity index (χ4v) is 1.71. The zero-order valence-corrected chi connectivity index (χ0v) is 12.0. The number of nitrogens with one attached hydrogen (secondary N) is 2. The first-order valence-corrected chi connectivity index (χ1v) is 6.65. The molecule has 3 N–H and O–H groups in total. The number of hydrazone groups is 1. The Morgan fingerprint density at radius 1 is 0.955 bits per heavy atom. The summed E-state index contributed by atoms with van der Waals surface area (Å²) in [7, 11) is 0. The molecule has 0 aliphatic rings. The van der Waals surface area contributed by atoms with Gasteiger partial charge in [-0.25, -0.2) is 0 Å². The summed E-state index contributed by atoms with van der Waals surface area (Å²) in [6, 6.07) is 18.2. The van der Waals surface area contributed by atoms with Crippen molar-refractivity contribution in [2.45, 2.75) is 6.92 Å². The lowest BCUT2D eigenvalue weighted by Crippen LogP contribution is -2.29. The molecule has 0 bridgehead atoms. The molecule has 0 aromatic heterocycles. The van der Waals surface area contributed by atoms with Gasteiger partial charge in [-0.1, -0.05) is 41.6 Å². The van der Waals surface area contributed by atoms with Gasteiger partial charge in [0.1, 0.15) is 0 Å². The highest BCUT2D eigenvalue weighted by molar-refractivity contribution is 6.68. The van der Waals surface area contributed by atoms with Gasteiger partial charge in [-0.2, -0.15) is 5.10 Å². The van der Waals surface area contributed by atoms with Crippen molar-refractivity contribution in [3.8, 4) is 0 Å². The van der Waals surface area contributed by atoms with E-state index in [1.165, 1.54) is 0 Å². The van der Waals surface area contributed by atoms with Crippen molar-refractivity contribution in [1.82, 2.24) is 0 Å². The number of nitrogens with zero attached hydrogens (tertiary/aromatic N) is 2. The molecule has 6 nitrogen and oxygen atoms in total. The Bertz CT molecular complexity index is 682. The highest BCUT2D eigenvalue weighted by Crippen LogP contribution is 2.07. The zero-order chi connectivity index (χ0) is 15.8. The van der Waals surface area contributed by atoms with Gasteiger partial charge >= 0.3 is 0 Å². The van der Waals surface area contributed by atoms with Crippen LogP contribution in [0.3, 0.4) is 0 Å². The normalized spacial score (nSPS) is 11.9. The highest BCUT2D eigenvalue weighted by atomic mass is 16.4. The number of hydrogen-bond acceptors (Lipinski definition) is 5. The summed E-state index contributed by atoms with van der Waals surface area (Å²) in [4.78, 5) is 12.1. The van der Waals surface area contributed by atoms with Crippen molar-refractivity contribution in [3.05, 3.63) is 60.7 Å². The number of amides is 1. The maximum atomic E-state index is 12.1. The van der Waals surface area contributed by atoms with Gasteiger partial charge in [-0.05, 0) is 31.2 Å². The minimum Gasteiger partial charge on any atom is -0.410 e. The Morgan fingerprint density at radius 3 is 2.05 bits per heavy atom. The largest absolute Gasteiger partial charge is 0.410 e. The molecular weight excluding hydrogens is 280 g/mol. The third kappa shape index (κ3) is 4.17. The van der Waals surface area contributed by atoms with Crippen molar-refractivity contribution >= 4 is 28.7 Å². The Labute approximate surface area is 128 Å². The van der Waals surface area contributed by atoms with Gasteiger partial charge in [0.15, 0.2) is 5.71 Å². The van der Waals surface area contributed by atoms with E-state index in [1.807, 2.05) is 36.4 Å². The van der Waals surface area contributed by atoms with Crippen LogP contribution in [0.25, 0.3) is 0 Å². The maximum absolute atomic E-state index is 12.1. The molecule has 0 unspecified atom stereocenters. The topological polar surface area (TPSA) is 86.1 Å². The lowest BCUT2D eigenvalue weighted by molar-refractivity contribution is -0.110. The first-order chi connectivity index (χ1) is 10.7. The quantitative estimate of drug-likeness (QED) is 0.450. The molecule has 0 aliphatic carbocycles. The lowest BCUT2D eigenvalue weighted by Gasteiger charge is -2.07. The molecule has 0 heterocycles. The number of carbonyl (C=O) groups excluding carboxylic acids is 1. The van der Waals surface area contributed by atoms with E-state index in [4.69, 9.17) is 5.21 Å². The van der Waals surface area contributed by atoms with Crippen LogP contribution in [0.2, 0.25) is 0 Å². The molecule has 0 saturated heterocycles. The zero-order valence-electron chi connectivity index (χ0n) is 12.0. The first kappa shape index (κ1) is 15.2. The number of rotatable bonds is 5. The number of hydrogen-bond donors (Lipinski definition) is 3. The van der Waals surface area contributed by atoms with Crippen LogP contribution in [0.5, 0.6) is 0 Å². The third-order valence-corrected chi connectivity index (χ3v) is 2.82. The third-order valence-electron chi connectivity index (χ3n) is 2.82. The molecule has 0 aliphatic heterocycles. The summed E-state index contributed by atoms with van der Waals surface area (Å²) in [6.45, 7) is 1.58. The molecule has 2 rings (SSSR count). The summed E-state index contributed by atoms with van der Waals surface area (Å²) >= 11 is 0. The monoisotopic (exact) mass is 296 g/mol. The number of carbonyl (C=O) groups is 1. The molecule has 0 fully saturated rings. The summed E-state index contributed by atoms with van der Waals surface area (Å²) in [6.07, 6.45) is 0. The lowest BCUT2D eigenvalue weighted by atomic mass is 10.2. The van der Waals surface area contributed by atoms with E-state index in [2.05, 4.69) is 21.0 Å². The average molecular weight is 296 g/mol. The number of oxime groups is 1. The van der Waals surface area contributed by atoms with E-state index in [0.29, 0.717) is 5.69 Å². The Kier molecular flexibility index (Phi) is 5.25. The van der Waals surface area contributed by atoms with E-state index in [-0.39, 0.29) is 11.4 Å². The van der Waals surface area contributed by atoms with Crippen LogP contribution >= 0.6 is 0 Å². The Hall–Kier alpha value is -3.15. The van der Waals surface area contributed by atoms with Crippen LogP contribution in [0.15, 0.2) is 70.9 Å². The van der Waals surface area contributed by atoms with Crippen molar-refractivity contribution in [2.24, 2.45) is 10.3 Å². The summed E-state index contributed by atoms with van der Waals surface area (Å²) in [5, 5.41) is 18.8. The van der Waals surface area contributed by atoms with E-state index in [1.54, 1.807) is 31.2 Å². The predicted molar refractivity (Wildman–Crippen MR) is 87.5 cm³/mol. The van der Waals surface area contributed by atoms with Crippen molar-refractivity contribution < 1.29 is 10.0 Å². The van der Waals surface area contributed by atoms with Gasteiger partial charge < -0.3 is 10.5 Å². The fourth-order valence-electron chi connectivity index (χ4n) is 1.71. The van der Waals surface area contributed by atoms with Gasteiger partial charge in [0, 0.05) is 5.69 Å². The molecule has 2 aromatic carbocycles. The highest BCUT2D eigenvalue weighted by Gasteiger charge is 2.16. The standard InChI is InChI=1S/C16H16N4O2/c1-12(18-19-14-10-6-3-7-11-14)15(20-22)16(21)17-13-8-4-2-5-9-13/h2-11,19,22H,1H3,(H,17,21)/b18-12+,20-15+. The molecule has 0 spiro atoms. The molecule has 0 radical (unpaired) electrons. The number of benzene rings is 2. The Balaban J connectivity index is 2.05. The smallest absolute Gasteiger partial charge is 0.279 e. The molecular formula is C16H16N4O2. The van der Waals surface area contributed by atoms with Gasteiger partial charge in [0.05, 0.1) is 11.4 Å². The van der Waals surface area contributed by atoms with Crippen LogP contribution in [0.1, 0.15) is 6.92 Å². The Morgan fingerprint density at radius 2 is 1.50 bits per heavy atom. The summed E-state index contributed by atoms with van der Waals surface area (Å²) in [5.74, 6) is -0.537. The minimum absolute atomic E-state index is 0.160. The first-order valence-electron chi connectivity index (χ1n) is 6.65. The van der Waals surface area contributed by atoms with Gasteiger partial charge in [0.2, 0.25) is 0 Å². The van der Waals surface area contributed by atoms with Crippen molar-refractivity contribution in [1.29, 1.82) is 0 Å². The van der Waals surface area contributed by atoms with Gasteiger partial charge in [-0.15, -0.1) is 0 Å². The van der Waals surface area contributed by atoms with Gasteiger partial charge in [-0.3, -0.25) is 10.2 Å². The maximum Gasteiger partial charge on any atom is 0.279 e. The molecule has 1 amide bonds. The molecule has 6 heteroatoms. The van der Waals surface area contributed by atoms with E-state index in [0.717, 1.165) is 5.69 Å². The minimum atomic E-state index is -0.537. The second-order valence-corrected chi connectivity index (χ2v) is 4.44. The number of anilines is 2. The van der Waals surface area contributed by atoms with Crippen molar-refractivity contribution in [2.75, 3.05) is 10.7 Å². The van der Waals surface area contributed by atoms with Gasteiger partial charge in [0.25, 0.3) is 5.91 Å². The van der Waals surface area contributed by atoms with Crippen LogP contribution in [-0.2, 0) is 4.79 Å². The molecule has 112 valence electrons. The van der Waals surface area contributed by atoms with Crippen LogP contribution in [0, 0.1) is 0 Å². The number of para-hydroxylation sites is 2. The average Bonchev–Trinajstić information content (AvgIpc) is 2.55. The second kappa shape index (κ2) is 7.58. The van der Waals surface area contributed by atoms with Crippen LogP contribution in [0.4, 0.5) is 11.4 Å². The second-order valence-electron chi connectivity index (χ2n) is 4.44. The molecule has 0 atom stereocenters. The van der Waals surface area contributed by atoms with E-state index in [9.17, 15) is 4.79 Å². The molecule has 2 aromatic rings. The van der Waals surface area contributed by atoms with Crippen molar-refractivity contribution in [3.63, 3.8) is 0 Å². The molecule has 22 heavy (non-hydrogen) atoms. The predicted octanol–water partition coefficient (Wildman–Crippen LogP) is 2.94. The summed E-state index contributed by atoms with van der Waals surface area (Å²) < 4.78 is 0. The SMILES string of the molecule is CC(=N\Nc1ccccc1)/C(=N\O)C(=O)Nc1ccccc1. The van der Waals surface area contributed by atoms with E-state index < -0.39 is 5.91 Å².